The second kappa shape index (κ2) is 7.10. The van der Waals surface area contributed by atoms with Crippen molar-refractivity contribution in [3.8, 4) is 5.75 Å². The molecule has 0 heterocycles. The van der Waals surface area contributed by atoms with Gasteiger partial charge in [0.05, 0.1) is 5.33 Å². The molecule has 2 aromatic carbocycles. The number of carbonyl (C=O) groups excluding carboxylic acids is 1. The summed E-state index contributed by atoms with van der Waals surface area (Å²) >= 11 is 3.11. The molecule has 3 nitrogen and oxygen atoms in total. The van der Waals surface area contributed by atoms with E-state index in [1.807, 2.05) is 55.5 Å². The summed E-state index contributed by atoms with van der Waals surface area (Å²) in [7, 11) is 0. The van der Waals surface area contributed by atoms with E-state index in [0.717, 1.165) is 17.0 Å². The number of carbonyl (C=O) groups is 1. The lowest BCUT2D eigenvalue weighted by Crippen LogP contribution is -2.12. The molecule has 2 rings (SSSR count). The fourth-order valence-corrected chi connectivity index (χ4v) is 1.89. The first-order valence-corrected chi connectivity index (χ1v) is 7.44. The van der Waals surface area contributed by atoms with Crippen molar-refractivity contribution < 1.29 is 9.53 Å². The van der Waals surface area contributed by atoms with Gasteiger partial charge in [-0.2, -0.15) is 0 Å². The highest BCUT2D eigenvalue weighted by Gasteiger charge is 2.00. The second-order valence-corrected chi connectivity index (χ2v) is 5.04. The number of halogens is 1. The van der Waals surface area contributed by atoms with Crippen molar-refractivity contribution in [1.82, 2.24) is 0 Å². The average Bonchev–Trinajstić information content (AvgIpc) is 2.46. The maximum absolute atomic E-state index is 11.2. The quantitative estimate of drug-likeness (QED) is 0.842. The molecule has 0 aliphatic carbocycles. The Hall–Kier alpha value is -1.81. The van der Waals surface area contributed by atoms with Gasteiger partial charge in [-0.1, -0.05) is 40.2 Å². The third-order valence-electron chi connectivity index (χ3n) is 2.75. The molecular weight excluding hydrogens is 318 g/mol. The molecule has 20 heavy (non-hydrogen) atoms. The first kappa shape index (κ1) is 14.6. The van der Waals surface area contributed by atoms with Gasteiger partial charge in [-0.3, -0.25) is 4.79 Å². The monoisotopic (exact) mass is 333 g/mol. The molecule has 0 aliphatic rings. The molecule has 0 aromatic heterocycles. The normalized spacial score (nSPS) is 10.1. The van der Waals surface area contributed by atoms with Gasteiger partial charge in [-0.15, -0.1) is 0 Å². The molecule has 104 valence electrons. The van der Waals surface area contributed by atoms with E-state index in [1.54, 1.807) is 0 Å². The van der Waals surface area contributed by atoms with E-state index in [-0.39, 0.29) is 5.91 Å². The highest BCUT2D eigenvalue weighted by molar-refractivity contribution is 9.09. The van der Waals surface area contributed by atoms with Gasteiger partial charge in [0.15, 0.2) is 0 Å². The third kappa shape index (κ3) is 4.38. The molecule has 0 spiro atoms. The highest BCUT2D eigenvalue weighted by atomic mass is 79.9. The summed E-state index contributed by atoms with van der Waals surface area (Å²) in [4.78, 5) is 11.2. The summed E-state index contributed by atoms with van der Waals surface area (Å²) in [6.07, 6.45) is 0. The molecule has 4 heteroatoms. The number of nitrogens with one attached hydrogen (secondary N) is 1. The Balaban J connectivity index is 1.92. The summed E-state index contributed by atoms with van der Waals surface area (Å²) in [5.74, 6) is 0.801. The molecule has 0 bridgehead atoms. The van der Waals surface area contributed by atoms with Crippen molar-refractivity contribution in [2.75, 3.05) is 10.6 Å². The molecule has 0 fully saturated rings. The summed E-state index contributed by atoms with van der Waals surface area (Å²) in [6, 6.07) is 15.6. The number of anilines is 1. The minimum absolute atomic E-state index is 0.0613. The first-order valence-electron chi connectivity index (χ1n) is 6.31. The van der Waals surface area contributed by atoms with E-state index >= 15 is 0 Å². The molecule has 0 aliphatic heterocycles. The van der Waals surface area contributed by atoms with Gasteiger partial charge >= 0.3 is 0 Å². The van der Waals surface area contributed by atoms with Gasteiger partial charge < -0.3 is 10.1 Å². The molecule has 2 aromatic rings. The Labute approximate surface area is 127 Å². The average molecular weight is 334 g/mol. The number of amides is 1. The number of hydrogen-bond acceptors (Lipinski definition) is 2. The van der Waals surface area contributed by atoms with E-state index in [2.05, 4.69) is 21.2 Å². The van der Waals surface area contributed by atoms with Gasteiger partial charge in [-0.05, 0) is 42.3 Å². The third-order valence-corrected chi connectivity index (χ3v) is 3.26. The Kier molecular flexibility index (Phi) is 5.18. The van der Waals surface area contributed by atoms with Crippen LogP contribution in [0.3, 0.4) is 0 Å². The Morgan fingerprint density at radius 3 is 2.60 bits per heavy atom. The van der Waals surface area contributed by atoms with Crippen molar-refractivity contribution in [3.05, 3.63) is 59.7 Å². The summed E-state index contributed by atoms with van der Waals surface area (Å²) in [5, 5.41) is 3.07. The number of hydrogen-bond donors (Lipinski definition) is 1. The number of aryl methyl sites for hydroxylation is 1. The Bertz CT molecular complexity index is 581. The van der Waals surface area contributed by atoms with Crippen LogP contribution in [0.15, 0.2) is 48.5 Å². The lowest BCUT2D eigenvalue weighted by atomic mass is 10.2. The lowest BCUT2D eigenvalue weighted by Gasteiger charge is -2.08. The first-order chi connectivity index (χ1) is 9.67. The van der Waals surface area contributed by atoms with Gasteiger partial charge in [-0.25, -0.2) is 0 Å². The number of alkyl halides is 1. The largest absolute Gasteiger partial charge is 0.489 e. The number of benzene rings is 2. The molecular formula is C16H16BrNO2. The predicted octanol–water partition coefficient (Wildman–Crippen LogP) is 3.91. The second-order valence-electron chi connectivity index (χ2n) is 4.48. The fourth-order valence-electron chi connectivity index (χ4n) is 1.75. The Morgan fingerprint density at radius 2 is 1.95 bits per heavy atom. The summed E-state index contributed by atoms with van der Waals surface area (Å²) in [6.45, 7) is 2.55. The fraction of sp³-hybridized carbons (Fsp3) is 0.188. The van der Waals surface area contributed by atoms with Gasteiger partial charge in [0.2, 0.25) is 5.91 Å². The number of rotatable bonds is 5. The van der Waals surface area contributed by atoms with Crippen molar-refractivity contribution in [2.24, 2.45) is 0 Å². The molecule has 0 radical (unpaired) electrons. The topological polar surface area (TPSA) is 38.3 Å². The van der Waals surface area contributed by atoms with E-state index in [1.165, 1.54) is 5.56 Å². The molecule has 0 saturated carbocycles. The SMILES string of the molecule is Cc1cccc(OCc2ccc(NC(=O)CBr)cc2)c1. The Morgan fingerprint density at radius 1 is 1.20 bits per heavy atom. The van der Waals surface area contributed by atoms with Crippen LogP contribution in [0.25, 0.3) is 0 Å². The minimum atomic E-state index is -0.0613. The standard InChI is InChI=1S/C16H16BrNO2/c1-12-3-2-4-15(9-12)20-11-13-5-7-14(8-6-13)18-16(19)10-17/h2-9H,10-11H2,1H3,(H,18,19). The molecule has 0 saturated heterocycles. The van der Waals surface area contributed by atoms with Gasteiger partial charge in [0.25, 0.3) is 0 Å². The van der Waals surface area contributed by atoms with Crippen molar-refractivity contribution in [2.45, 2.75) is 13.5 Å². The molecule has 0 atom stereocenters. The maximum Gasteiger partial charge on any atom is 0.235 e. The van der Waals surface area contributed by atoms with Crippen LogP contribution >= 0.6 is 15.9 Å². The molecule has 1 N–H and O–H groups in total. The van der Waals surface area contributed by atoms with Crippen molar-refractivity contribution in [3.63, 3.8) is 0 Å². The van der Waals surface area contributed by atoms with E-state index < -0.39 is 0 Å². The van der Waals surface area contributed by atoms with E-state index in [0.29, 0.717) is 11.9 Å². The zero-order valence-corrected chi connectivity index (χ0v) is 12.8. The van der Waals surface area contributed by atoms with E-state index in [4.69, 9.17) is 4.74 Å². The molecule has 1 amide bonds. The van der Waals surface area contributed by atoms with Crippen LogP contribution in [-0.2, 0) is 11.4 Å². The van der Waals surface area contributed by atoms with Crippen molar-refractivity contribution >= 4 is 27.5 Å². The van der Waals surface area contributed by atoms with Gasteiger partial charge in [0, 0.05) is 5.69 Å². The van der Waals surface area contributed by atoms with Crippen LogP contribution in [0.1, 0.15) is 11.1 Å². The zero-order valence-electron chi connectivity index (χ0n) is 11.2. The van der Waals surface area contributed by atoms with Crippen LogP contribution in [0.5, 0.6) is 5.75 Å². The summed E-state index contributed by atoms with van der Waals surface area (Å²) in [5.41, 5.74) is 3.02. The van der Waals surface area contributed by atoms with Crippen LogP contribution in [0.2, 0.25) is 0 Å². The minimum Gasteiger partial charge on any atom is -0.489 e. The number of ether oxygens (including phenoxy) is 1. The van der Waals surface area contributed by atoms with Crippen LogP contribution in [0, 0.1) is 6.92 Å². The summed E-state index contributed by atoms with van der Waals surface area (Å²) < 4.78 is 5.72. The molecule has 0 unspecified atom stereocenters. The van der Waals surface area contributed by atoms with Crippen molar-refractivity contribution in [1.29, 1.82) is 0 Å². The van der Waals surface area contributed by atoms with Crippen LogP contribution in [0.4, 0.5) is 5.69 Å². The maximum atomic E-state index is 11.2. The van der Waals surface area contributed by atoms with Crippen LogP contribution < -0.4 is 10.1 Å². The van der Waals surface area contributed by atoms with Gasteiger partial charge in [0.1, 0.15) is 12.4 Å². The lowest BCUT2D eigenvalue weighted by molar-refractivity contribution is -0.113. The smallest absolute Gasteiger partial charge is 0.235 e. The predicted molar refractivity (Wildman–Crippen MR) is 84.4 cm³/mol. The highest BCUT2D eigenvalue weighted by Crippen LogP contribution is 2.16. The zero-order chi connectivity index (χ0) is 14.4. The van der Waals surface area contributed by atoms with Crippen LogP contribution in [-0.4, -0.2) is 11.2 Å². The van der Waals surface area contributed by atoms with E-state index in [9.17, 15) is 4.79 Å².